The number of aromatic nitrogens is 1. The Kier molecular flexibility index (Phi) is 5.28. The lowest BCUT2D eigenvalue weighted by Crippen LogP contribution is -3.00. The van der Waals surface area contributed by atoms with Gasteiger partial charge in [-0.2, -0.15) is 9.67 Å². The lowest BCUT2D eigenvalue weighted by atomic mass is 10.3. The zero-order chi connectivity index (χ0) is 12.3. The molecule has 1 aromatic rings. The number of hydrogen-bond donors (Lipinski definition) is 1. The number of hydrazone groups is 1. The third-order valence-corrected chi connectivity index (χ3v) is 3.01. The summed E-state index contributed by atoms with van der Waals surface area (Å²) in [7, 11) is 0. The summed E-state index contributed by atoms with van der Waals surface area (Å²) in [5, 5.41) is 4.12. The van der Waals surface area contributed by atoms with E-state index in [9.17, 15) is 4.79 Å². The molecule has 0 bridgehead atoms. The molecular weight excluding hydrogens is 250 g/mol. The van der Waals surface area contributed by atoms with Crippen molar-refractivity contribution in [3.05, 3.63) is 30.1 Å². The summed E-state index contributed by atoms with van der Waals surface area (Å²) in [5.41, 5.74) is 4.70. The third-order valence-electron chi connectivity index (χ3n) is 3.01. The first-order valence-corrected chi connectivity index (χ1v) is 5.95. The summed E-state index contributed by atoms with van der Waals surface area (Å²) in [4.78, 5) is 11.7. The second kappa shape index (κ2) is 6.50. The number of pyridine rings is 1. The molecule has 1 aliphatic carbocycles. The van der Waals surface area contributed by atoms with Crippen molar-refractivity contribution in [2.45, 2.75) is 33.2 Å². The molecule has 1 N–H and O–H groups in total. The Morgan fingerprint density at radius 1 is 1.50 bits per heavy atom. The van der Waals surface area contributed by atoms with Gasteiger partial charge < -0.3 is 12.4 Å². The van der Waals surface area contributed by atoms with E-state index in [4.69, 9.17) is 0 Å². The number of rotatable bonds is 4. The van der Waals surface area contributed by atoms with Gasteiger partial charge in [-0.15, -0.1) is 0 Å². The molecule has 18 heavy (non-hydrogen) atoms. The van der Waals surface area contributed by atoms with Crippen LogP contribution >= 0.6 is 0 Å². The fraction of sp³-hybridized carbons (Fsp3) is 0.462. The standard InChI is InChI=1S/C13H17N3O.ClH/c1-10-5-3-4-8-16(10)9-13(17)15-14-11(2)12-6-7-12;/h3-5,8,12H,6-7,9H2,1-2H3;1H/b14-11+;. The average Bonchev–Trinajstić information content (AvgIpc) is 3.13. The molecule has 1 aliphatic rings. The topological polar surface area (TPSA) is 45.3 Å². The highest BCUT2D eigenvalue weighted by Gasteiger charge is 2.24. The first-order chi connectivity index (χ1) is 8.16. The number of hydrogen-bond acceptors (Lipinski definition) is 2. The van der Waals surface area contributed by atoms with Crippen LogP contribution in [0.5, 0.6) is 0 Å². The van der Waals surface area contributed by atoms with Crippen molar-refractivity contribution >= 4 is 11.6 Å². The number of aryl methyl sites for hydroxylation is 1. The smallest absolute Gasteiger partial charge is 0.305 e. The van der Waals surface area contributed by atoms with Crippen molar-refractivity contribution in [1.29, 1.82) is 0 Å². The number of nitrogens with zero attached hydrogens (tertiary/aromatic N) is 2. The summed E-state index contributed by atoms with van der Waals surface area (Å²) >= 11 is 0. The number of nitrogens with one attached hydrogen (secondary N) is 1. The number of halogens is 1. The van der Waals surface area contributed by atoms with Gasteiger partial charge >= 0.3 is 5.91 Å². The van der Waals surface area contributed by atoms with E-state index >= 15 is 0 Å². The molecule has 1 fully saturated rings. The minimum absolute atomic E-state index is 0. The van der Waals surface area contributed by atoms with Crippen LogP contribution in [0.25, 0.3) is 0 Å². The second-order valence-corrected chi connectivity index (χ2v) is 4.53. The third kappa shape index (κ3) is 4.11. The Labute approximate surface area is 114 Å². The molecule has 0 saturated heterocycles. The van der Waals surface area contributed by atoms with Crippen molar-refractivity contribution in [3.63, 3.8) is 0 Å². The highest BCUT2D eigenvalue weighted by atomic mass is 35.5. The molecule has 0 atom stereocenters. The SMILES string of the molecule is C/C(=N\NC(=O)C[n+]1ccccc1C)C1CC1.[Cl-]. The first kappa shape index (κ1) is 14.6. The van der Waals surface area contributed by atoms with Crippen LogP contribution in [0.15, 0.2) is 29.5 Å². The second-order valence-electron chi connectivity index (χ2n) is 4.53. The van der Waals surface area contributed by atoms with Gasteiger partial charge in [0.1, 0.15) is 0 Å². The Bertz CT molecular complexity index is 455. The summed E-state index contributed by atoms with van der Waals surface area (Å²) < 4.78 is 1.90. The number of amides is 1. The normalized spacial score (nSPS) is 14.9. The van der Waals surface area contributed by atoms with Gasteiger partial charge in [0, 0.05) is 24.8 Å². The maximum absolute atomic E-state index is 11.7. The monoisotopic (exact) mass is 267 g/mol. The fourth-order valence-electron chi connectivity index (χ4n) is 1.67. The van der Waals surface area contributed by atoms with Crippen molar-refractivity contribution < 1.29 is 21.8 Å². The van der Waals surface area contributed by atoms with Gasteiger partial charge in [0.25, 0.3) is 0 Å². The van der Waals surface area contributed by atoms with Crippen molar-refractivity contribution in [2.75, 3.05) is 0 Å². The lowest BCUT2D eigenvalue weighted by Gasteiger charge is -2.00. The molecule has 0 aromatic carbocycles. The van der Waals surface area contributed by atoms with E-state index in [1.54, 1.807) is 0 Å². The van der Waals surface area contributed by atoms with Crippen molar-refractivity contribution in [3.8, 4) is 0 Å². The van der Waals surface area contributed by atoms with Gasteiger partial charge in [-0.3, -0.25) is 4.79 Å². The molecular formula is C13H18ClN3O. The maximum atomic E-state index is 11.7. The molecule has 4 nitrogen and oxygen atoms in total. The molecule has 5 heteroatoms. The number of carbonyl (C=O) groups is 1. The minimum Gasteiger partial charge on any atom is -1.00 e. The molecule has 98 valence electrons. The summed E-state index contributed by atoms with van der Waals surface area (Å²) in [5.74, 6) is 0.519. The summed E-state index contributed by atoms with van der Waals surface area (Å²) in [6.45, 7) is 4.26. The largest absolute Gasteiger partial charge is 1.00 e. The van der Waals surface area contributed by atoms with E-state index in [-0.39, 0.29) is 18.3 Å². The van der Waals surface area contributed by atoms with Gasteiger partial charge in [-0.05, 0) is 25.7 Å². The Balaban J connectivity index is 0.00000162. The van der Waals surface area contributed by atoms with Crippen LogP contribution in [0.2, 0.25) is 0 Å². The van der Waals surface area contributed by atoms with Crippen LogP contribution in [0, 0.1) is 12.8 Å². The van der Waals surface area contributed by atoms with Crippen LogP contribution in [0.1, 0.15) is 25.5 Å². The van der Waals surface area contributed by atoms with Gasteiger partial charge in [0.05, 0.1) is 0 Å². The van der Waals surface area contributed by atoms with Gasteiger partial charge in [0.15, 0.2) is 11.9 Å². The zero-order valence-corrected chi connectivity index (χ0v) is 11.4. The van der Waals surface area contributed by atoms with E-state index in [2.05, 4.69) is 10.5 Å². The van der Waals surface area contributed by atoms with Crippen molar-refractivity contribution in [2.24, 2.45) is 11.0 Å². The molecule has 1 aromatic heterocycles. The van der Waals surface area contributed by atoms with Gasteiger partial charge in [0.2, 0.25) is 6.54 Å². The van der Waals surface area contributed by atoms with E-state index in [0.29, 0.717) is 12.5 Å². The van der Waals surface area contributed by atoms with Crippen LogP contribution in [-0.2, 0) is 11.3 Å². The summed E-state index contributed by atoms with van der Waals surface area (Å²) in [6.07, 6.45) is 4.31. The van der Waals surface area contributed by atoms with Crippen LogP contribution in [-0.4, -0.2) is 11.6 Å². The molecule has 0 unspecified atom stereocenters. The predicted octanol–water partition coefficient (Wildman–Crippen LogP) is -1.81. The van der Waals surface area contributed by atoms with Gasteiger partial charge in [-0.25, -0.2) is 5.43 Å². The molecule has 0 aliphatic heterocycles. The van der Waals surface area contributed by atoms with E-state index < -0.39 is 0 Å². The van der Waals surface area contributed by atoms with E-state index in [1.165, 1.54) is 12.8 Å². The van der Waals surface area contributed by atoms with Crippen LogP contribution in [0.4, 0.5) is 0 Å². The number of carbonyl (C=O) groups excluding carboxylic acids is 1. The highest BCUT2D eigenvalue weighted by molar-refractivity contribution is 5.87. The van der Waals surface area contributed by atoms with Crippen LogP contribution < -0.4 is 22.4 Å². The minimum atomic E-state index is -0.0794. The molecule has 2 rings (SSSR count). The van der Waals surface area contributed by atoms with Crippen molar-refractivity contribution in [1.82, 2.24) is 5.43 Å². The zero-order valence-electron chi connectivity index (χ0n) is 10.7. The molecule has 1 heterocycles. The predicted molar refractivity (Wildman–Crippen MR) is 65.3 cm³/mol. The average molecular weight is 268 g/mol. The Morgan fingerprint density at radius 3 is 2.83 bits per heavy atom. The van der Waals surface area contributed by atoms with Crippen LogP contribution in [0.3, 0.4) is 0 Å². The Hall–Kier alpha value is -1.42. The molecule has 0 spiro atoms. The summed E-state index contributed by atoms with van der Waals surface area (Å²) in [6, 6.07) is 5.85. The molecule has 1 amide bonds. The molecule has 1 saturated carbocycles. The fourth-order valence-corrected chi connectivity index (χ4v) is 1.67. The quantitative estimate of drug-likeness (QED) is 0.390. The Morgan fingerprint density at radius 2 is 2.22 bits per heavy atom. The lowest BCUT2D eigenvalue weighted by molar-refractivity contribution is -0.690. The molecule has 0 radical (unpaired) electrons. The van der Waals surface area contributed by atoms with E-state index in [1.807, 2.05) is 42.8 Å². The maximum Gasteiger partial charge on any atom is 0.305 e. The van der Waals surface area contributed by atoms with Gasteiger partial charge in [-0.1, -0.05) is 6.07 Å². The first-order valence-electron chi connectivity index (χ1n) is 5.95. The van der Waals surface area contributed by atoms with E-state index in [0.717, 1.165) is 11.4 Å². The highest BCUT2D eigenvalue weighted by Crippen LogP contribution is 2.30.